The lowest BCUT2D eigenvalue weighted by molar-refractivity contribution is 0.0668. The predicted octanol–water partition coefficient (Wildman–Crippen LogP) is 6.04. The maximum atomic E-state index is 13.6. The Kier molecular flexibility index (Phi) is 7.42. The largest absolute Gasteiger partial charge is 0.336 e. The number of benzene rings is 3. The number of hydrogen-bond acceptors (Lipinski definition) is 2. The summed E-state index contributed by atoms with van der Waals surface area (Å²) in [6.07, 6.45) is 0. The maximum absolute atomic E-state index is 13.6. The highest BCUT2D eigenvalue weighted by Crippen LogP contribution is 2.35. The summed E-state index contributed by atoms with van der Waals surface area (Å²) in [7, 11) is 0. The van der Waals surface area contributed by atoms with E-state index in [1.165, 1.54) is 35.4 Å². The Balaban J connectivity index is 1.57. The highest BCUT2D eigenvalue weighted by molar-refractivity contribution is 5.94. The first-order chi connectivity index (χ1) is 16.3. The zero-order valence-corrected chi connectivity index (χ0v) is 20.0. The first-order valence-electron chi connectivity index (χ1n) is 11.9. The molecule has 1 fully saturated rings. The molecule has 1 heterocycles. The van der Waals surface area contributed by atoms with Crippen molar-refractivity contribution in [2.45, 2.75) is 39.3 Å². The van der Waals surface area contributed by atoms with Gasteiger partial charge in [-0.05, 0) is 74.2 Å². The third-order valence-corrected chi connectivity index (χ3v) is 6.75. The molecule has 3 nitrogen and oxygen atoms in total. The normalized spacial score (nSPS) is 18.4. The molecule has 2 atom stereocenters. The van der Waals surface area contributed by atoms with Gasteiger partial charge in [-0.1, -0.05) is 42.0 Å². The number of aryl methyl sites for hydroxylation is 1. The average molecular weight is 463 g/mol. The molecule has 0 radical (unpaired) electrons. The molecule has 3 aromatic rings. The lowest BCUT2D eigenvalue weighted by Gasteiger charge is -2.32. The molecule has 1 aliphatic heterocycles. The van der Waals surface area contributed by atoms with Crippen molar-refractivity contribution < 1.29 is 13.6 Å². The summed E-state index contributed by atoms with van der Waals surface area (Å²) in [6, 6.07) is 21.1. The quantitative estimate of drug-likeness (QED) is 0.427. The number of likely N-dealkylation sites (tertiary alicyclic amines) is 1. The summed E-state index contributed by atoms with van der Waals surface area (Å²) in [5.74, 6) is -0.308. The summed E-state index contributed by atoms with van der Waals surface area (Å²) in [4.78, 5) is 17.6. The molecule has 3 aromatic carbocycles. The molecule has 178 valence electrons. The van der Waals surface area contributed by atoms with Gasteiger partial charge >= 0.3 is 0 Å². The van der Waals surface area contributed by atoms with Crippen LogP contribution < -0.4 is 0 Å². The van der Waals surface area contributed by atoms with E-state index in [2.05, 4.69) is 36.1 Å². The number of carbonyl (C=O) groups is 1. The maximum Gasteiger partial charge on any atom is 0.254 e. The fourth-order valence-corrected chi connectivity index (χ4v) is 4.85. The monoisotopic (exact) mass is 462 g/mol. The Morgan fingerprint density at radius 1 is 0.912 bits per heavy atom. The minimum absolute atomic E-state index is 0.00225. The van der Waals surface area contributed by atoms with Crippen LogP contribution in [0.25, 0.3) is 0 Å². The van der Waals surface area contributed by atoms with Crippen LogP contribution >= 0.6 is 0 Å². The lowest BCUT2D eigenvalue weighted by Crippen LogP contribution is -2.42. The minimum Gasteiger partial charge on any atom is -0.336 e. The van der Waals surface area contributed by atoms with Gasteiger partial charge in [-0.2, -0.15) is 0 Å². The van der Waals surface area contributed by atoms with Crippen LogP contribution in [0.4, 0.5) is 8.78 Å². The van der Waals surface area contributed by atoms with Crippen molar-refractivity contribution in [3.63, 3.8) is 0 Å². The van der Waals surface area contributed by atoms with Crippen molar-refractivity contribution in [1.82, 2.24) is 9.80 Å². The second-order valence-electron chi connectivity index (χ2n) is 9.66. The van der Waals surface area contributed by atoms with Gasteiger partial charge in [-0.15, -0.1) is 0 Å². The molecule has 0 aromatic heterocycles. The third kappa shape index (κ3) is 5.71. The summed E-state index contributed by atoms with van der Waals surface area (Å²) < 4.78 is 27.0. The van der Waals surface area contributed by atoms with E-state index < -0.39 is 0 Å². The van der Waals surface area contributed by atoms with Crippen LogP contribution in [0.15, 0.2) is 72.8 Å². The molecule has 0 bridgehead atoms. The Hall–Kier alpha value is -3.05. The van der Waals surface area contributed by atoms with E-state index in [0.29, 0.717) is 12.1 Å². The highest BCUT2D eigenvalue weighted by Gasteiger charge is 2.36. The second kappa shape index (κ2) is 10.5. The number of nitrogens with zero attached hydrogens (tertiary/aromatic N) is 2. The molecular formula is C29H32F2N2O. The molecule has 0 spiro atoms. The van der Waals surface area contributed by atoms with Crippen molar-refractivity contribution in [2.75, 3.05) is 19.6 Å². The van der Waals surface area contributed by atoms with Gasteiger partial charge in [0.05, 0.1) is 0 Å². The van der Waals surface area contributed by atoms with Gasteiger partial charge in [0.15, 0.2) is 0 Å². The Morgan fingerprint density at radius 2 is 1.50 bits per heavy atom. The number of amides is 1. The molecule has 0 saturated carbocycles. The van der Waals surface area contributed by atoms with E-state index in [1.807, 2.05) is 30.9 Å². The van der Waals surface area contributed by atoms with Crippen molar-refractivity contribution in [3.8, 4) is 0 Å². The average Bonchev–Trinajstić information content (AvgIpc) is 3.21. The number of rotatable bonds is 7. The van der Waals surface area contributed by atoms with Crippen LogP contribution in [0.1, 0.15) is 46.8 Å². The van der Waals surface area contributed by atoms with Crippen LogP contribution in [0, 0.1) is 24.5 Å². The second-order valence-corrected chi connectivity index (χ2v) is 9.66. The van der Waals surface area contributed by atoms with E-state index >= 15 is 0 Å². The van der Waals surface area contributed by atoms with Crippen molar-refractivity contribution in [3.05, 3.63) is 107 Å². The van der Waals surface area contributed by atoms with E-state index in [-0.39, 0.29) is 35.4 Å². The van der Waals surface area contributed by atoms with Gasteiger partial charge in [0.25, 0.3) is 5.91 Å². The van der Waals surface area contributed by atoms with Crippen molar-refractivity contribution >= 4 is 5.91 Å². The van der Waals surface area contributed by atoms with Crippen LogP contribution in [-0.4, -0.2) is 41.4 Å². The Bertz CT molecular complexity index is 1090. The number of carbonyl (C=O) groups excluding carboxylic acids is 1. The van der Waals surface area contributed by atoms with Crippen molar-refractivity contribution in [2.24, 2.45) is 5.92 Å². The summed E-state index contributed by atoms with van der Waals surface area (Å²) in [5.41, 5.74) is 4.07. The molecule has 0 aliphatic carbocycles. The van der Waals surface area contributed by atoms with E-state index in [4.69, 9.17) is 0 Å². The van der Waals surface area contributed by atoms with E-state index in [0.717, 1.165) is 25.2 Å². The van der Waals surface area contributed by atoms with Gasteiger partial charge in [0.2, 0.25) is 0 Å². The summed E-state index contributed by atoms with van der Waals surface area (Å²) in [6.45, 7) is 9.21. The topological polar surface area (TPSA) is 23.6 Å². The van der Waals surface area contributed by atoms with Gasteiger partial charge in [-0.25, -0.2) is 8.78 Å². The molecule has 2 unspecified atom stereocenters. The van der Waals surface area contributed by atoms with Crippen LogP contribution in [-0.2, 0) is 6.54 Å². The lowest BCUT2D eigenvalue weighted by atomic mass is 9.88. The SMILES string of the molecule is Cc1ccc(CN2CC(CN(C(=O)c3ccc(F)cc3)C(C)C)C(c3ccc(F)cc3)C2)cc1. The fourth-order valence-electron chi connectivity index (χ4n) is 4.85. The number of hydrogen-bond donors (Lipinski definition) is 0. The summed E-state index contributed by atoms with van der Waals surface area (Å²) >= 11 is 0. The standard InChI is InChI=1S/C29H32F2N2O/c1-20(2)33(29(34)24-10-14-27(31)15-11-24)18-25-17-32(16-22-6-4-21(3)5-7-22)19-28(25)23-8-12-26(30)13-9-23/h4-15,20,25,28H,16-19H2,1-3H3. The van der Waals surface area contributed by atoms with Gasteiger partial charge in [0, 0.05) is 43.7 Å². The third-order valence-electron chi connectivity index (χ3n) is 6.75. The first-order valence-corrected chi connectivity index (χ1v) is 11.9. The zero-order chi connectivity index (χ0) is 24.2. The van der Waals surface area contributed by atoms with Crippen LogP contribution in [0.5, 0.6) is 0 Å². The van der Waals surface area contributed by atoms with E-state index in [1.54, 1.807) is 12.1 Å². The van der Waals surface area contributed by atoms with Gasteiger partial charge < -0.3 is 4.90 Å². The zero-order valence-electron chi connectivity index (χ0n) is 20.0. The Labute approximate surface area is 201 Å². The van der Waals surface area contributed by atoms with E-state index in [9.17, 15) is 13.6 Å². The Morgan fingerprint density at radius 3 is 2.09 bits per heavy atom. The fraction of sp³-hybridized carbons (Fsp3) is 0.345. The smallest absolute Gasteiger partial charge is 0.254 e. The van der Waals surface area contributed by atoms with Crippen LogP contribution in [0.3, 0.4) is 0 Å². The molecular weight excluding hydrogens is 430 g/mol. The molecule has 5 heteroatoms. The minimum atomic E-state index is -0.355. The van der Waals surface area contributed by atoms with Gasteiger partial charge in [0.1, 0.15) is 11.6 Å². The molecule has 34 heavy (non-hydrogen) atoms. The number of halogens is 2. The molecule has 0 N–H and O–H groups in total. The molecule has 1 aliphatic rings. The highest BCUT2D eigenvalue weighted by atomic mass is 19.1. The van der Waals surface area contributed by atoms with Gasteiger partial charge in [-0.3, -0.25) is 9.69 Å². The molecule has 1 saturated heterocycles. The van der Waals surface area contributed by atoms with Crippen LogP contribution in [0.2, 0.25) is 0 Å². The van der Waals surface area contributed by atoms with Crippen molar-refractivity contribution in [1.29, 1.82) is 0 Å². The first kappa shape index (κ1) is 24.1. The molecule has 4 rings (SSSR count). The molecule has 1 amide bonds. The summed E-state index contributed by atoms with van der Waals surface area (Å²) in [5, 5.41) is 0. The predicted molar refractivity (Wildman–Crippen MR) is 132 cm³/mol.